The Hall–Kier alpha value is -8.08. The third-order valence-electron chi connectivity index (χ3n) is 12.0. The fourth-order valence-electron chi connectivity index (χ4n) is 9.07. The summed E-state index contributed by atoms with van der Waals surface area (Å²) in [5, 5.41) is 15.3. The Balaban J connectivity index is 0.999. The minimum absolute atomic E-state index is 0.0317. The number of nitriles is 1. The first-order chi connectivity index (χ1) is 30.0. The Labute approximate surface area is 352 Å². The van der Waals surface area contributed by atoms with Crippen molar-refractivity contribution in [3.05, 3.63) is 205 Å². The van der Waals surface area contributed by atoms with Gasteiger partial charge in [-0.3, -0.25) is 0 Å². The molecule has 6 nitrogen and oxygen atoms in total. The summed E-state index contributed by atoms with van der Waals surface area (Å²) in [6.07, 6.45) is 8.90. The van der Waals surface area contributed by atoms with E-state index in [2.05, 4.69) is 154 Å². The maximum Gasteiger partial charge on any atom is 0.160 e. The number of halogens is 1. The van der Waals surface area contributed by atoms with Crippen molar-refractivity contribution < 1.29 is 4.39 Å². The van der Waals surface area contributed by atoms with Crippen molar-refractivity contribution in [1.82, 2.24) is 14.5 Å². The lowest BCUT2D eigenvalue weighted by molar-refractivity contribution is 0.624. The number of benzene rings is 7. The molecule has 2 aromatic heterocycles. The molecule has 61 heavy (non-hydrogen) atoms. The quantitative estimate of drug-likeness (QED) is 0.174. The van der Waals surface area contributed by atoms with E-state index >= 15 is 0 Å². The van der Waals surface area contributed by atoms with Gasteiger partial charge in [0, 0.05) is 63.2 Å². The number of fused-ring (bicyclic) bond motifs is 6. The van der Waals surface area contributed by atoms with Gasteiger partial charge in [-0.15, -0.1) is 0 Å². The predicted molar refractivity (Wildman–Crippen MR) is 246 cm³/mol. The van der Waals surface area contributed by atoms with Crippen molar-refractivity contribution >= 4 is 38.9 Å². The number of nitrogens with one attached hydrogen (secondary N) is 1. The summed E-state index contributed by atoms with van der Waals surface area (Å²) in [5.74, 6) is 0.135. The molecule has 0 bridgehead atoms. The number of para-hydroxylation sites is 2. The number of anilines is 3. The third kappa shape index (κ3) is 6.16. The zero-order chi connectivity index (χ0) is 41.0. The molecule has 9 aromatic rings. The lowest BCUT2D eigenvalue weighted by Crippen LogP contribution is -2.28. The summed E-state index contributed by atoms with van der Waals surface area (Å²) < 4.78 is 16.8. The topological polar surface area (TPSA) is 69.8 Å². The van der Waals surface area contributed by atoms with Crippen LogP contribution in [0.3, 0.4) is 0 Å². The van der Waals surface area contributed by atoms with Crippen LogP contribution in [0.2, 0.25) is 0 Å². The highest BCUT2D eigenvalue weighted by atomic mass is 19.1. The fraction of sp³-hybridized carbons (Fsp3) is 0.0556. The molecule has 0 radical (unpaired) electrons. The second kappa shape index (κ2) is 14.6. The van der Waals surface area contributed by atoms with E-state index in [1.54, 1.807) is 12.1 Å². The fourth-order valence-corrected chi connectivity index (χ4v) is 9.07. The molecule has 0 spiro atoms. The molecule has 1 aliphatic carbocycles. The third-order valence-corrected chi connectivity index (χ3v) is 12.0. The van der Waals surface area contributed by atoms with Crippen LogP contribution in [0.4, 0.5) is 21.5 Å². The van der Waals surface area contributed by atoms with E-state index in [0.717, 1.165) is 39.6 Å². The lowest BCUT2D eigenvalue weighted by atomic mass is 9.89. The minimum Gasteiger partial charge on any atom is -0.388 e. The van der Waals surface area contributed by atoms with Crippen LogP contribution in [0.25, 0.3) is 72.5 Å². The standard InChI is InChI=1S/C54H37FN6/c1-57-40-23-18-34(19-24-40)54-58-48(32-49(59-54)38-20-25-47(55)39(28-38)33-56)37-10-9-13-42(29-37)61-51-17-8-6-15-44(51)46-31-36(22-27-53(46)61)35-21-26-52-45(30-35)43-14-5-7-16-50(43)60(52)41-11-3-2-4-12-41/h2-32,44,51,57H,1H3. The summed E-state index contributed by atoms with van der Waals surface area (Å²) in [7, 11) is 1.88. The normalized spacial score (nSPS) is 15.2. The predicted octanol–water partition coefficient (Wildman–Crippen LogP) is 13.0. The smallest absolute Gasteiger partial charge is 0.160 e. The largest absolute Gasteiger partial charge is 0.388 e. The van der Waals surface area contributed by atoms with Gasteiger partial charge in [0.1, 0.15) is 11.9 Å². The van der Waals surface area contributed by atoms with Crippen molar-refractivity contribution in [2.45, 2.75) is 12.0 Å². The molecule has 2 atom stereocenters. The summed E-state index contributed by atoms with van der Waals surface area (Å²) in [4.78, 5) is 12.5. The Morgan fingerprint density at radius 1 is 0.590 bits per heavy atom. The number of allylic oxidation sites excluding steroid dienone is 2. The molecule has 0 saturated carbocycles. The molecule has 7 heteroatoms. The molecular formula is C54H37FN6. The molecule has 3 heterocycles. The van der Waals surface area contributed by atoms with Crippen molar-refractivity contribution in [2.24, 2.45) is 0 Å². The van der Waals surface area contributed by atoms with E-state index in [1.165, 1.54) is 44.6 Å². The number of nitrogens with zero attached hydrogens (tertiary/aromatic N) is 5. The Kier molecular flexibility index (Phi) is 8.64. The van der Waals surface area contributed by atoms with E-state index in [-0.39, 0.29) is 17.5 Å². The Morgan fingerprint density at radius 2 is 1.28 bits per heavy atom. The molecule has 7 aromatic carbocycles. The van der Waals surface area contributed by atoms with Gasteiger partial charge in [0.25, 0.3) is 0 Å². The maximum absolute atomic E-state index is 14.5. The molecule has 2 unspecified atom stereocenters. The zero-order valence-corrected chi connectivity index (χ0v) is 33.2. The highest BCUT2D eigenvalue weighted by Crippen LogP contribution is 2.49. The van der Waals surface area contributed by atoms with Gasteiger partial charge < -0.3 is 14.8 Å². The van der Waals surface area contributed by atoms with Crippen LogP contribution in [0.5, 0.6) is 0 Å². The minimum atomic E-state index is -0.563. The van der Waals surface area contributed by atoms with E-state index in [0.29, 0.717) is 17.1 Å². The molecule has 1 aliphatic heterocycles. The number of hydrogen-bond acceptors (Lipinski definition) is 5. The highest BCUT2D eigenvalue weighted by molar-refractivity contribution is 6.10. The van der Waals surface area contributed by atoms with Gasteiger partial charge in [-0.25, -0.2) is 14.4 Å². The molecule has 1 N–H and O–H groups in total. The van der Waals surface area contributed by atoms with Crippen LogP contribution in [0.15, 0.2) is 188 Å². The van der Waals surface area contributed by atoms with E-state index < -0.39 is 5.82 Å². The van der Waals surface area contributed by atoms with Crippen LogP contribution in [-0.2, 0) is 0 Å². The van der Waals surface area contributed by atoms with Gasteiger partial charge in [-0.05, 0) is 120 Å². The van der Waals surface area contributed by atoms with Gasteiger partial charge >= 0.3 is 0 Å². The van der Waals surface area contributed by atoms with Gasteiger partial charge in [0.05, 0.1) is 34.0 Å². The van der Waals surface area contributed by atoms with E-state index in [9.17, 15) is 9.65 Å². The van der Waals surface area contributed by atoms with Crippen LogP contribution >= 0.6 is 0 Å². The van der Waals surface area contributed by atoms with E-state index in [4.69, 9.17) is 9.97 Å². The number of hydrogen-bond donors (Lipinski definition) is 1. The second-order valence-corrected chi connectivity index (χ2v) is 15.5. The molecular weight excluding hydrogens is 752 g/mol. The zero-order valence-electron chi connectivity index (χ0n) is 33.2. The van der Waals surface area contributed by atoms with Crippen molar-refractivity contribution in [1.29, 1.82) is 5.26 Å². The Morgan fingerprint density at radius 3 is 2.10 bits per heavy atom. The van der Waals surface area contributed by atoms with Crippen LogP contribution in [0, 0.1) is 17.1 Å². The molecule has 0 amide bonds. The van der Waals surface area contributed by atoms with Gasteiger partial charge in [0.2, 0.25) is 0 Å². The average Bonchev–Trinajstić information content (AvgIpc) is 3.84. The number of aromatic nitrogens is 3. The van der Waals surface area contributed by atoms with Crippen molar-refractivity contribution in [3.63, 3.8) is 0 Å². The first-order valence-corrected chi connectivity index (χ1v) is 20.4. The van der Waals surface area contributed by atoms with Crippen LogP contribution in [-0.4, -0.2) is 27.6 Å². The first kappa shape index (κ1) is 36.0. The molecule has 11 rings (SSSR count). The van der Waals surface area contributed by atoms with Crippen molar-refractivity contribution in [3.8, 4) is 56.8 Å². The lowest BCUT2D eigenvalue weighted by Gasteiger charge is -2.29. The summed E-state index contributed by atoms with van der Waals surface area (Å²) in [5.41, 5.74) is 14.0. The maximum atomic E-state index is 14.5. The SMILES string of the molecule is CNc1ccc(-c2nc(-c3cccc(N4c5ccc(-c6ccc7c(c6)c6ccccc6n7-c6ccccc6)cc5C5C=CC=CC54)c3)cc(-c3ccc(F)c(C#N)c3)n2)cc1. The van der Waals surface area contributed by atoms with Gasteiger partial charge in [0.15, 0.2) is 5.82 Å². The summed E-state index contributed by atoms with van der Waals surface area (Å²) in [6, 6.07) is 57.9. The highest BCUT2D eigenvalue weighted by Gasteiger charge is 2.37. The molecule has 2 aliphatic rings. The van der Waals surface area contributed by atoms with Crippen LogP contribution < -0.4 is 10.2 Å². The Bertz CT molecular complexity index is 3280. The molecule has 0 fully saturated rings. The van der Waals surface area contributed by atoms with Gasteiger partial charge in [-0.2, -0.15) is 5.26 Å². The first-order valence-electron chi connectivity index (χ1n) is 20.4. The van der Waals surface area contributed by atoms with Gasteiger partial charge in [-0.1, -0.05) is 85.0 Å². The summed E-state index contributed by atoms with van der Waals surface area (Å²) >= 11 is 0. The average molecular weight is 789 g/mol. The molecule has 290 valence electrons. The summed E-state index contributed by atoms with van der Waals surface area (Å²) in [6.45, 7) is 0. The van der Waals surface area contributed by atoms with E-state index in [1.807, 2.05) is 43.4 Å². The van der Waals surface area contributed by atoms with Crippen molar-refractivity contribution in [2.75, 3.05) is 17.3 Å². The monoisotopic (exact) mass is 788 g/mol. The molecule has 0 saturated heterocycles. The van der Waals surface area contributed by atoms with Crippen LogP contribution in [0.1, 0.15) is 17.0 Å². The second-order valence-electron chi connectivity index (χ2n) is 15.5. The number of rotatable bonds is 7.